The van der Waals surface area contributed by atoms with Gasteiger partial charge in [-0.1, -0.05) is 18.2 Å². The number of carboxylic acids is 1. The van der Waals surface area contributed by atoms with Crippen LogP contribution in [0.15, 0.2) is 48.7 Å². The summed E-state index contributed by atoms with van der Waals surface area (Å²) in [5.41, 5.74) is 3.04. The van der Waals surface area contributed by atoms with Gasteiger partial charge in [-0.3, -0.25) is 4.98 Å². The number of aromatic nitrogens is 2. The molecule has 21 heavy (non-hydrogen) atoms. The number of carboxylic acid groups (broad SMARTS) is 1. The van der Waals surface area contributed by atoms with Crippen LogP contribution in [0.1, 0.15) is 16.2 Å². The van der Waals surface area contributed by atoms with Gasteiger partial charge in [-0.2, -0.15) is 0 Å². The molecule has 0 amide bonds. The molecule has 104 valence electrons. The predicted molar refractivity (Wildman–Crippen MR) is 81.0 cm³/mol. The van der Waals surface area contributed by atoms with Gasteiger partial charge in [0.15, 0.2) is 5.69 Å². The van der Waals surface area contributed by atoms with Crippen LogP contribution in [0.25, 0.3) is 10.9 Å². The molecule has 3 aromatic rings. The van der Waals surface area contributed by atoms with Crippen LogP contribution >= 0.6 is 0 Å². The lowest BCUT2D eigenvalue weighted by Crippen LogP contribution is -2.03. The van der Waals surface area contributed by atoms with E-state index >= 15 is 0 Å². The van der Waals surface area contributed by atoms with Crippen LogP contribution in [-0.4, -0.2) is 21.0 Å². The summed E-state index contributed by atoms with van der Waals surface area (Å²) in [5.74, 6) is -1.05. The molecule has 5 heteroatoms. The van der Waals surface area contributed by atoms with Gasteiger partial charge in [-0.05, 0) is 31.2 Å². The largest absolute Gasteiger partial charge is 0.477 e. The number of aryl methyl sites for hydroxylation is 1. The first-order valence-corrected chi connectivity index (χ1v) is 6.47. The van der Waals surface area contributed by atoms with E-state index in [0.717, 1.165) is 16.8 Å². The molecule has 0 aliphatic carbocycles. The summed E-state index contributed by atoms with van der Waals surface area (Å²) in [7, 11) is 0. The zero-order valence-electron chi connectivity index (χ0n) is 11.4. The topological polar surface area (TPSA) is 75.1 Å². The first-order chi connectivity index (χ1) is 10.1. The molecule has 3 rings (SSSR count). The number of pyridine rings is 2. The smallest absolute Gasteiger partial charge is 0.354 e. The maximum absolute atomic E-state index is 11.2. The highest BCUT2D eigenvalue weighted by molar-refractivity contribution is 5.98. The van der Waals surface area contributed by atoms with E-state index in [-0.39, 0.29) is 5.69 Å². The Hall–Kier alpha value is -2.95. The van der Waals surface area contributed by atoms with Crippen molar-refractivity contribution in [1.82, 2.24) is 9.97 Å². The molecule has 2 heterocycles. The van der Waals surface area contributed by atoms with Crippen molar-refractivity contribution in [2.24, 2.45) is 0 Å². The van der Waals surface area contributed by atoms with Gasteiger partial charge in [0, 0.05) is 11.6 Å². The second kappa shape index (κ2) is 5.20. The fourth-order valence-electron chi connectivity index (χ4n) is 2.15. The highest BCUT2D eigenvalue weighted by atomic mass is 16.4. The van der Waals surface area contributed by atoms with E-state index in [9.17, 15) is 9.90 Å². The van der Waals surface area contributed by atoms with Crippen LogP contribution in [0.2, 0.25) is 0 Å². The Labute approximate surface area is 121 Å². The molecule has 0 unspecified atom stereocenters. The van der Waals surface area contributed by atoms with Gasteiger partial charge < -0.3 is 10.4 Å². The monoisotopic (exact) mass is 279 g/mol. The lowest BCUT2D eigenvalue weighted by atomic mass is 10.1. The number of fused-ring (bicyclic) bond motifs is 1. The van der Waals surface area contributed by atoms with Gasteiger partial charge in [0.1, 0.15) is 0 Å². The second-order valence-electron chi connectivity index (χ2n) is 4.64. The molecular weight excluding hydrogens is 266 g/mol. The summed E-state index contributed by atoms with van der Waals surface area (Å²) in [4.78, 5) is 19.6. The number of nitrogens with one attached hydrogen (secondary N) is 1. The van der Waals surface area contributed by atoms with Gasteiger partial charge in [0.2, 0.25) is 0 Å². The summed E-state index contributed by atoms with van der Waals surface area (Å²) in [6.45, 7) is 1.89. The van der Waals surface area contributed by atoms with E-state index in [1.807, 2.05) is 37.3 Å². The van der Waals surface area contributed by atoms with E-state index in [0.29, 0.717) is 11.2 Å². The highest BCUT2D eigenvalue weighted by Crippen LogP contribution is 2.27. The van der Waals surface area contributed by atoms with Gasteiger partial charge in [-0.15, -0.1) is 0 Å². The summed E-state index contributed by atoms with van der Waals surface area (Å²) in [6.07, 6.45) is 1.72. The van der Waals surface area contributed by atoms with Crippen molar-refractivity contribution in [2.75, 3.05) is 5.32 Å². The maximum Gasteiger partial charge on any atom is 0.354 e. The summed E-state index contributed by atoms with van der Waals surface area (Å²) < 4.78 is 0. The van der Waals surface area contributed by atoms with Crippen molar-refractivity contribution < 1.29 is 9.90 Å². The fraction of sp³-hybridized carbons (Fsp3) is 0.0625. The lowest BCUT2D eigenvalue weighted by molar-refractivity contribution is 0.0691. The molecule has 2 aromatic heterocycles. The number of hydrogen-bond acceptors (Lipinski definition) is 4. The number of benzene rings is 1. The zero-order chi connectivity index (χ0) is 14.8. The fourth-order valence-corrected chi connectivity index (χ4v) is 2.15. The van der Waals surface area contributed by atoms with Crippen molar-refractivity contribution in [2.45, 2.75) is 6.92 Å². The first kappa shape index (κ1) is 13.1. The van der Waals surface area contributed by atoms with Crippen LogP contribution in [-0.2, 0) is 0 Å². The number of carbonyl (C=O) groups is 1. The van der Waals surface area contributed by atoms with Gasteiger partial charge >= 0.3 is 5.97 Å². The number of rotatable bonds is 3. The first-order valence-electron chi connectivity index (χ1n) is 6.47. The third kappa shape index (κ3) is 2.53. The van der Waals surface area contributed by atoms with Crippen molar-refractivity contribution >= 4 is 28.2 Å². The Balaban J connectivity index is 2.16. The molecule has 0 saturated heterocycles. The number of nitrogens with zero attached hydrogens (tertiary/aromatic N) is 2. The minimum atomic E-state index is -1.05. The van der Waals surface area contributed by atoms with E-state index in [4.69, 9.17) is 0 Å². The summed E-state index contributed by atoms with van der Waals surface area (Å²) in [5, 5.41) is 13.3. The Morgan fingerprint density at radius 2 is 1.95 bits per heavy atom. The van der Waals surface area contributed by atoms with E-state index in [1.165, 1.54) is 6.07 Å². The van der Waals surface area contributed by atoms with Crippen LogP contribution in [0.5, 0.6) is 0 Å². The molecule has 0 aliphatic heterocycles. The SMILES string of the molecule is Cc1ncccc1Nc1cc(C(=O)O)nc2ccccc12. The van der Waals surface area contributed by atoms with Gasteiger partial charge in [0.05, 0.1) is 22.6 Å². The molecule has 2 N–H and O–H groups in total. The molecule has 5 nitrogen and oxygen atoms in total. The average Bonchev–Trinajstić information content (AvgIpc) is 2.49. The molecule has 0 saturated carbocycles. The minimum absolute atomic E-state index is 0.0118. The van der Waals surface area contributed by atoms with Crippen molar-refractivity contribution in [1.29, 1.82) is 0 Å². The molecule has 0 spiro atoms. The van der Waals surface area contributed by atoms with Crippen LogP contribution in [0.4, 0.5) is 11.4 Å². The van der Waals surface area contributed by atoms with Gasteiger partial charge in [0.25, 0.3) is 0 Å². The van der Waals surface area contributed by atoms with Crippen molar-refractivity contribution in [3.05, 3.63) is 60.0 Å². The van der Waals surface area contributed by atoms with Crippen LogP contribution in [0, 0.1) is 6.92 Å². The quantitative estimate of drug-likeness (QED) is 0.768. The summed E-state index contributed by atoms with van der Waals surface area (Å²) in [6, 6.07) is 12.7. The van der Waals surface area contributed by atoms with Crippen LogP contribution < -0.4 is 5.32 Å². The molecule has 1 aromatic carbocycles. The molecular formula is C16H13N3O2. The maximum atomic E-state index is 11.2. The van der Waals surface area contributed by atoms with E-state index < -0.39 is 5.97 Å². The third-order valence-electron chi connectivity index (χ3n) is 3.21. The molecule has 0 radical (unpaired) electrons. The Kier molecular flexibility index (Phi) is 3.23. The average molecular weight is 279 g/mol. The number of anilines is 2. The normalized spacial score (nSPS) is 10.5. The van der Waals surface area contributed by atoms with E-state index in [1.54, 1.807) is 12.3 Å². The lowest BCUT2D eigenvalue weighted by Gasteiger charge is -2.12. The molecule has 0 atom stereocenters. The Morgan fingerprint density at radius 3 is 2.71 bits per heavy atom. The second-order valence-corrected chi connectivity index (χ2v) is 4.64. The Bertz CT molecular complexity index is 831. The molecule has 0 bridgehead atoms. The van der Waals surface area contributed by atoms with Crippen molar-refractivity contribution in [3.63, 3.8) is 0 Å². The summed E-state index contributed by atoms with van der Waals surface area (Å²) >= 11 is 0. The van der Waals surface area contributed by atoms with Gasteiger partial charge in [-0.25, -0.2) is 9.78 Å². The standard InChI is InChI=1S/C16H13N3O2/c1-10-12(7-4-8-17-10)18-14-9-15(16(20)21)19-13-6-3-2-5-11(13)14/h2-9H,1H3,(H,18,19)(H,20,21). The Morgan fingerprint density at radius 1 is 1.14 bits per heavy atom. The number of para-hydroxylation sites is 1. The van der Waals surface area contributed by atoms with E-state index in [2.05, 4.69) is 15.3 Å². The zero-order valence-corrected chi connectivity index (χ0v) is 11.4. The van der Waals surface area contributed by atoms with Crippen molar-refractivity contribution in [3.8, 4) is 0 Å². The molecule has 0 aliphatic rings. The highest BCUT2D eigenvalue weighted by Gasteiger charge is 2.11. The third-order valence-corrected chi connectivity index (χ3v) is 3.21. The number of hydrogen-bond donors (Lipinski definition) is 2. The predicted octanol–water partition coefficient (Wildman–Crippen LogP) is 3.38. The van der Waals surface area contributed by atoms with Crippen LogP contribution in [0.3, 0.4) is 0 Å². The molecule has 0 fully saturated rings. The number of aromatic carboxylic acids is 1. The minimum Gasteiger partial charge on any atom is -0.477 e.